The number of ketones is 1. The summed E-state index contributed by atoms with van der Waals surface area (Å²) in [4.78, 5) is 33.4. The predicted octanol–water partition coefficient (Wildman–Crippen LogP) is 0.487. The van der Waals surface area contributed by atoms with Crippen LogP contribution in [-0.4, -0.2) is 199 Å². The van der Waals surface area contributed by atoms with Crippen LogP contribution >= 0.6 is 11.8 Å². The van der Waals surface area contributed by atoms with Crippen molar-refractivity contribution in [3.8, 4) is 0 Å². The molecule has 51 heavy (non-hydrogen) atoms. The summed E-state index contributed by atoms with van der Waals surface area (Å²) < 4.78 is 65.1. The topological polar surface area (TPSA) is 194 Å². The molecule has 1 amide bonds. The lowest BCUT2D eigenvalue weighted by Gasteiger charge is -2.12. The molecule has 0 aromatic carbocycles. The highest BCUT2D eigenvalue weighted by molar-refractivity contribution is 7.99. The molecular formula is C33H63NO16S. The van der Waals surface area contributed by atoms with E-state index in [0.29, 0.717) is 172 Å². The molecule has 302 valence electrons. The Morgan fingerprint density at radius 2 is 0.725 bits per heavy atom. The van der Waals surface area contributed by atoms with E-state index in [0.717, 1.165) is 0 Å². The van der Waals surface area contributed by atoms with Gasteiger partial charge in [-0.3, -0.25) is 14.4 Å². The van der Waals surface area contributed by atoms with E-state index < -0.39 is 11.2 Å². The molecule has 1 atom stereocenters. The third kappa shape index (κ3) is 41.1. The van der Waals surface area contributed by atoms with Crippen molar-refractivity contribution in [2.75, 3.05) is 171 Å². The number of hydrogen-bond donors (Lipinski definition) is 2. The zero-order chi connectivity index (χ0) is 37.3. The number of aliphatic carboxylic acids is 1. The lowest BCUT2D eigenvalue weighted by atomic mass is 10.3. The number of nitrogens with one attached hydrogen (secondary N) is 1. The zero-order valence-corrected chi connectivity index (χ0v) is 31.5. The maximum atomic E-state index is 11.9. The van der Waals surface area contributed by atoms with Gasteiger partial charge < -0.3 is 67.3 Å². The van der Waals surface area contributed by atoms with E-state index >= 15 is 0 Å². The smallest absolute Gasteiger partial charge is 0.305 e. The molecular weight excluding hydrogens is 698 g/mol. The maximum absolute atomic E-state index is 11.9. The van der Waals surface area contributed by atoms with E-state index in [1.807, 2.05) is 0 Å². The summed E-state index contributed by atoms with van der Waals surface area (Å²) in [5.74, 6) is -1.19. The summed E-state index contributed by atoms with van der Waals surface area (Å²) in [6, 6.07) is 0. The van der Waals surface area contributed by atoms with E-state index in [9.17, 15) is 14.4 Å². The highest BCUT2D eigenvalue weighted by Gasteiger charge is 2.19. The normalized spacial score (nSPS) is 12.0. The van der Waals surface area contributed by atoms with Gasteiger partial charge in [0.15, 0.2) is 0 Å². The minimum absolute atomic E-state index is 0.119. The van der Waals surface area contributed by atoms with Crippen LogP contribution in [0.3, 0.4) is 0 Å². The van der Waals surface area contributed by atoms with Gasteiger partial charge in [0, 0.05) is 13.0 Å². The van der Waals surface area contributed by atoms with Crippen LogP contribution in [0.2, 0.25) is 0 Å². The van der Waals surface area contributed by atoms with Crippen LogP contribution in [-0.2, 0) is 71.2 Å². The molecule has 0 aliphatic heterocycles. The SMILES string of the molecule is CSC(CC(=O)O)C(=O)NCCOCCOCCOCCOCCOCCOCCOCCOCCOCCOCCOCCOCCC(C)=O. The molecule has 0 radical (unpaired) electrons. The number of carbonyl (C=O) groups excluding carboxylic acids is 2. The number of carbonyl (C=O) groups is 3. The molecule has 0 heterocycles. The van der Waals surface area contributed by atoms with Crippen LogP contribution in [0.1, 0.15) is 19.8 Å². The van der Waals surface area contributed by atoms with Gasteiger partial charge in [-0.25, -0.2) is 0 Å². The van der Waals surface area contributed by atoms with E-state index in [4.69, 9.17) is 61.9 Å². The highest BCUT2D eigenvalue weighted by atomic mass is 32.2. The fourth-order valence-corrected chi connectivity index (χ4v) is 4.15. The van der Waals surface area contributed by atoms with Crippen LogP contribution < -0.4 is 5.32 Å². The van der Waals surface area contributed by atoms with Crippen molar-refractivity contribution >= 4 is 29.4 Å². The van der Waals surface area contributed by atoms with Crippen molar-refractivity contribution in [1.82, 2.24) is 5.32 Å². The van der Waals surface area contributed by atoms with E-state index in [1.54, 1.807) is 13.2 Å². The van der Waals surface area contributed by atoms with Gasteiger partial charge in [0.1, 0.15) is 5.78 Å². The molecule has 0 rings (SSSR count). The van der Waals surface area contributed by atoms with Crippen molar-refractivity contribution in [2.24, 2.45) is 0 Å². The first-order chi connectivity index (χ1) is 25.0. The lowest BCUT2D eigenvalue weighted by molar-refractivity contribution is -0.138. The molecule has 0 fully saturated rings. The fraction of sp³-hybridized carbons (Fsp3) is 0.909. The third-order valence-corrected chi connectivity index (χ3v) is 7.12. The molecule has 17 nitrogen and oxygen atoms in total. The number of thioether (sulfide) groups is 1. The first kappa shape index (κ1) is 49.5. The molecule has 0 aliphatic rings. The summed E-state index contributed by atoms with van der Waals surface area (Å²) in [6.07, 6.45) is 1.93. The summed E-state index contributed by atoms with van der Waals surface area (Å²) in [5.41, 5.74) is 0. The quantitative estimate of drug-likeness (QED) is 0.0815. The Kier molecular flexibility index (Phi) is 40.0. The number of amides is 1. The summed E-state index contributed by atoms with van der Waals surface area (Å²) in [5, 5.41) is 10.9. The molecule has 18 heteroatoms. The third-order valence-electron chi connectivity index (χ3n) is 6.17. The standard InChI is InChI=1S/C33H63NO16S/c1-30(35)3-5-39-7-9-41-11-13-43-15-17-45-19-21-47-23-25-49-27-28-50-26-24-48-22-20-46-18-16-44-14-12-42-10-8-40-6-4-34-33(38)31(51-2)29-32(36)37/h31H,3-29H2,1-2H3,(H,34,38)(H,36,37). The largest absolute Gasteiger partial charge is 0.481 e. The summed E-state index contributed by atoms with van der Waals surface area (Å²) >= 11 is 1.21. The van der Waals surface area contributed by atoms with Crippen LogP contribution in [0.5, 0.6) is 0 Å². The van der Waals surface area contributed by atoms with Crippen LogP contribution in [0.25, 0.3) is 0 Å². The molecule has 0 aromatic heterocycles. The summed E-state index contributed by atoms with van der Waals surface area (Å²) in [7, 11) is 0. The number of carboxylic acid groups (broad SMARTS) is 1. The Bertz CT molecular complexity index is 785. The lowest BCUT2D eigenvalue weighted by Crippen LogP contribution is -2.36. The molecule has 0 saturated heterocycles. The predicted molar refractivity (Wildman–Crippen MR) is 188 cm³/mol. The minimum Gasteiger partial charge on any atom is -0.481 e. The maximum Gasteiger partial charge on any atom is 0.305 e. The average Bonchev–Trinajstić information content (AvgIpc) is 3.11. The highest BCUT2D eigenvalue weighted by Crippen LogP contribution is 2.10. The van der Waals surface area contributed by atoms with Crippen molar-refractivity contribution < 1.29 is 76.3 Å². The van der Waals surface area contributed by atoms with E-state index in [1.165, 1.54) is 11.8 Å². The number of hydrogen-bond acceptors (Lipinski definition) is 16. The van der Waals surface area contributed by atoms with E-state index in [2.05, 4.69) is 5.32 Å². The summed E-state index contributed by atoms with van der Waals surface area (Å²) in [6.45, 7) is 12.9. The van der Waals surface area contributed by atoms with Crippen LogP contribution in [0, 0.1) is 0 Å². The second-order valence-electron chi connectivity index (χ2n) is 10.4. The molecule has 0 aromatic rings. The number of rotatable bonds is 43. The molecule has 0 aliphatic carbocycles. The van der Waals surface area contributed by atoms with Gasteiger partial charge in [-0.2, -0.15) is 11.8 Å². The second kappa shape index (κ2) is 41.2. The Morgan fingerprint density at radius 3 is 0.961 bits per heavy atom. The van der Waals surface area contributed by atoms with Gasteiger partial charge >= 0.3 is 5.97 Å². The molecule has 1 unspecified atom stereocenters. The van der Waals surface area contributed by atoms with Gasteiger partial charge in [0.2, 0.25) is 5.91 Å². The van der Waals surface area contributed by atoms with Crippen molar-refractivity contribution in [3.05, 3.63) is 0 Å². The Hall–Kier alpha value is -1.52. The first-order valence-corrected chi connectivity index (χ1v) is 18.7. The van der Waals surface area contributed by atoms with Crippen molar-refractivity contribution in [3.63, 3.8) is 0 Å². The van der Waals surface area contributed by atoms with Gasteiger partial charge in [-0.1, -0.05) is 0 Å². The second-order valence-corrected chi connectivity index (χ2v) is 11.5. The van der Waals surface area contributed by atoms with Gasteiger partial charge in [-0.05, 0) is 13.2 Å². The Labute approximate surface area is 307 Å². The van der Waals surface area contributed by atoms with Crippen LogP contribution in [0.4, 0.5) is 0 Å². The van der Waals surface area contributed by atoms with Gasteiger partial charge in [-0.15, -0.1) is 0 Å². The monoisotopic (exact) mass is 761 g/mol. The van der Waals surface area contributed by atoms with E-state index in [-0.39, 0.29) is 18.1 Å². The number of carboxylic acids is 1. The van der Waals surface area contributed by atoms with Crippen molar-refractivity contribution in [1.29, 1.82) is 0 Å². The molecule has 2 N–H and O–H groups in total. The fourth-order valence-electron chi connectivity index (χ4n) is 3.54. The first-order valence-electron chi connectivity index (χ1n) is 17.4. The zero-order valence-electron chi connectivity index (χ0n) is 30.6. The Balaban J connectivity index is 3.14. The number of ether oxygens (including phenoxy) is 12. The van der Waals surface area contributed by atoms with Crippen molar-refractivity contribution in [2.45, 2.75) is 25.0 Å². The van der Waals surface area contributed by atoms with Crippen LogP contribution in [0.15, 0.2) is 0 Å². The minimum atomic E-state index is -1.00. The van der Waals surface area contributed by atoms with Gasteiger partial charge in [0.05, 0.1) is 170 Å². The molecule has 0 saturated carbocycles. The van der Waals surface area contributed by atoms with Gasteiger partial charge in [0.25, 0.3) is 0 Å². The molecule has 0 bridgehead atoms. The average molecular weight is 762 g/mol. The Morgan fingerprint density at radius 1 is 0.471 bits per heavy atom. The molecule has 0 spiro atoms. The number of Topliss-reactive ketones (excluding diaryl/α,β-unsaturated/α-hetero) is 1.